The van der Waals surface area contributed by atoms with Gasteiger partial charge in [0, 0.05) is 11.4 Å². The van der Waals surface area contributed by atoms with Crippen LogP contribution < -0.4 is 5.73 Å². The van der Waals surface area contributed by atoms with E-state index >= 15 is 0 Å². The molecular formula is C16H20N4. The second-order valence-electron chi connectivity index (χ2n) is 6.41. The second kappa shape index (κ2) is 4.20. The van der Waals surface area contributed by atoms with Gasteiger partial charge in [0.05, 0.1) is 17.4 Å². The van der Waals surface area contributed by atoms with Gasteiger partial charge in [0.15, 0.2) is 5.82 Å². The van der Waals surface area contributed by atoms with Gasteiger partial charge in [0.1, 0.15) is 5.52 Å². The highest BCUT2D eigenvalue weighted by atomic mass is 15.1. The minimum atomic E-state index is 0.146. The molecule has 0 aliphatic carbocycles. The van der Waals surface area contributed by atoms with Crippen molar-refractivity contribution in [2.24, 2.45) is 5.41 Å². The molecule has 2 aromatic heterocycles. The molecule has 0 saturated carbocycles. The van der Waals surface area contributed by atoms with Crippen molar-refractivity contribution in [2.75, 3.05) is 5.73 Å². The number of aromatic nitrogens is 3. The lowest BCUT2D eigenvalue weighted by molar-refractivity contribution is 0.267. The van der Waals surface area contributed by atoms with Crippen LogP contribution in [0.5, 0.6) is 0 Å². The zero-order valence-corrected chi connectivity index (χ0v) is 12.4. The van der Waals surface area contributed by atoms with Crippen LogP contribution in [0.2, 0.25) is 0 Å². The van der Waals surface area contributed by atoms with Crippen molar-refractivity contribution in [2.45, 2.75) is 33.7 Å². The number of para-hydroxylation sites is 1. The molecule has 0 amide bonds. The van der Waals surface area contributed by atoms with Crippen LogP contribution >= 0.6 is 0 Å². The third kappa shape index (κ3) is 1.83. The lowest BCUT2D eigenvalue weighted by atomic mass is 9.88. The number of nitrogen functional groups attached to an aromatic ring is 1. The lowest BCUT2D eigenvalue weighted by Crippen LogP contribution is -2.21. The maximum Gasteiger partial charge on any atom is 0.152 e. The summed E-state index contributed by atoms with van der Waals surface area (Å²) in [4.78, 5) is 8.92. The number of pyridine rings is 1. The van der Waals surface area contributed by atoms with E-state index in [1.807, 2.05) is 24.5 Å². The third-order valence-corrected chi connectivity index (χ3v) is 4.11. The lowest BCUT2D eigenvalue weighted by Gasteiger charge is -2.29. The minimum Gasteiger partial charge on any atom is -0.382 e. The van der Waals surface area contributed by atoms with Crippen molar-refractivity contribution in [1.29, 1.82) is 0 Å². The molecule has 4 heteroatoms. The number of nitrogens with two attached hydrogens (primary N) is 1. The van der Waals surface area contributed by atoms with E-state index in [9.17, 15) is 0 Å². The molecule has 2 heterocycles. The summed E-state index contributed by atoms with van der Waals surface area (Å²) in [5, 5.41) is 1.10. The van der Waals surface area contributed by atoms with Gasteiger partial charge in [-0.05, 0) is 18.4 Å². The summed E-state index contributed by atoms with van der Waals surface area (Å²) < 4.78 is 2.22. The standard InChI is InChI=1S/C16H20N4/c1-10(16(2,3)4)20-9-18-13-14(20)11-7-5-6-8-12(11)19-15(13)17/h5-10H,1-4H3,(H2,17,19). The minimum absolute atomic E-state index is 0.146. The van der Waals surface area contributed by atoms with E-state index in [1.54, 1.807) is 0 Å². The molecule has 0 aliphatic rings. The summed E-state index contributed by atoms with van der Waals surface area (Å²) in [5.74, 6) is 0.499. The molecular weight excluding hydrogens is 248 g/mol. The van der Waals surface area contributed by atoms with Crippen LogP contribution in [0.1, 0.15) is 33.7 Å². The number of imidazole rings is 1. The first-order valence-electron chi connectivity index (χ1n) is 6.90. The molecule has 0 fully saturated rings. The summed E-state index contributed by atoms with van der Waals surface area (Å²) in [6.45, 7) is 8.91. The van der Waals surface area contributed by atoms with Crippen LogP contribution in [0.15, 0.2) is 30.6 Å². The Morgan fingerprint density at radius 2 is 1.90 bits per heavy atom. The van der Waals surface area contributed by atoms with Gasteiger partial charge < -0.3 is 10.3 Å². The number of fused-ring (bicyclic) bond motifs is 3. The molecule has 1 atom stereocenters. The highest BCUT2D eigenvalue weighted by molar-refractivity contribution is 6.06. The average molecular weight is 268 g/mol. The second-order valence-corrected chi connectivity index (χ2v) is 6.41. The van der Waals surface area contributed by atoms with Crippen molar-refractivity contribution in [3.05, 3.63) is 30.6 Å². The monoisotopic (exact) mass is 268 g/mol. The zero-order chi connectivity index (χ0) is 14.5. The van der Waals surface area contributed by atoms with Gasteiger partial charge >= 0.3 is 0 Å². The summed E-state index contributed by atoms with van der Waals surface area (Å²) >= 11 is 0. The van der Waals surface area contributed by atoms with E-state index in [4.69, 9.17) is 5.73 Å². The summed E-state index contributed by atoms with van der Waals surface area (Å²) in [6.07, 6.45) is 1.88. The Morgan fingerprint density at radius 1 is 1.20 bits per heavy atom. The first-order valence-corrected chi connectivity index (χ1v) is 6.90. The maximum atomic E-state index is 6.06. The van der Waals surface area contributed by atoms with E-state index in [-0.39, 0.29) is 5.41 Å². The predicted molar refractivity (Wildman–Crippen MR) is 83.6 cm³/mol. The predicted octanol–water partition coefficient (Wildman–Crippen LogP) is 3.77. The molecule has 4 nitrogen and oxygen atoms in total. The van der Waals surface area contributed by atoms with Crippen LogP contribution in [0, 0.1) is 5.41 Å². The van der Waals surface area contributed by atoms with Crippen molar-refractivity contribution < 1.29 is 0 Å². The molecule has 1 aromatic carbocycles. The first-order chi connectivity index (χ1) is 9.39. The Balaban J connectivity index is 2.41. The first kappa shape index (κ1) is 12.9. The highest BCUT2D eigenvalue weighted by Crippen LogP contribution is 2.35. The fourth-order valence-electron chi connectivity index (χ4n) is 2.48. The third-order valence-electron chi connectivity index (χ3n) is 4.11. The van der Waals surface area contributed by atoms with Crippen molar-refractivity contribution >= 4 is 27.8 Å². The van der Waals surface area contributed by atoms with Crippen LogP contribution in [0.4, 0.5) is 5.82 Å². The summed E-state index contributed by atoms with van der Waals surface area (Å²) in [6, 6.07) is 8.40. The molecule has 0 bridgehead atoms. The van der Waals surface area contributed by atoms with E-state index in [0.717, 1.165) is 21.9 Å². The maximum absolute atomic E-state index is 6.06. The van der Waals surface area contributed by atoms with Crippen LogP contribution in [-0.4, -0.2) is 14.5 Å². The number of nitrogens with zero attached hydrogens (tertiary/aromatic N) is 3. The Labute approximate surface area is 118 Å². The van der Waals surface area contributed by atoms with Crippen molar-refractivity contribution in [3.8, 4) is 0 Å². The fourth-order valence-corrected chi connectivity index (χ4v) is 2.48. The number of benzene rings is 1. The SMILES string of the molecule is CC(n1cnc2c(N)nc3ccccc3c21)C(C)(C)C. The quantitative estimate of drug-likeness (QED) is 0.730. The van der Waals surface area contributed by atoms with E-state index in [0.29, 0.717) is 11.9 Å². The van der Waals surface area contributed by atoms with Gasteiger partial charge in [-0.2, -0.15) is 0 Å². The van der Waals surface area contributed by atoms with Crippen molar-refractivity contribution in [3.63, 3.8) is 0 Å². The number of hydrogen-bond acceptors (Lipinski definition) is 3. The van der Waals surface area contributed by atoms with Crippen molar-refractivity contribution in [1.82, 2.24) is 14.5 Å². The topological polar surface area (TPSA) is 56.7 Å². The van der Waals surface area contributed by atoms with E-state index < -0.39 is 0 Å². The van der Waals surface area contributed by atoms with Gasteiger partial charge in [-0.1, -0.05) is 39.0 Å². The molecule has 0 saturated heterocycles. The summed E-state index contributed by atoms with van der Waals surface area (Å²) in [7, 11) is 0. The molecule has 2 N–H and O–H groups in total. The van der Waals surface area contributed by atoms with E-state index in [2.05, 4.69) is 48.3 Å². The highest BCUT2D eigenvalue weighted by Gasteiger charge is 2.24. The number of hydrogen-bond donors (Lipinski definition) is 1. The fraction of sp³-hybridized carbons (Fsp3) is 0.375. The van der Waals surface area contributed by atoms with Gasteiger partial charge in [0.25, 0.3) is 0 Å². The molecule has 20 heavy (non-hydrogen) atoms. The van der Waals surface area contributed by atoms with Gasteiger partial charge in [0.2, 0.25) is 0 Å². The molecule has 0 radical (unpaired) electrons. The smallest absolute Gasteiger partial charge is 0.152 e. The Morgan fingerprint density at radius 3 is 2.60 bits per heavy atom. The van der Waals surface area contributed by atoms with Gasteiger partial charge in [-0.3, -0.25) is 0 Å². The molecule has 0 aliphatic heterocycles. The Bertz CT molecular complexity index is 780. The zero-order valence-electron chi connectivity index (χ0n) is 12.4. The van der Waals surface area contributed by atoms with Gasteiger partial charge in [-0.15, -0.1) is 0 Å². The molecule has 1 unspecified atom stereocenters. The average Bonchev–Trinajstić information content (AvgIpc) is 2.82. The molecule has 3 rings (SSSR count). The normalized spacial score (nSPS) is 14.0. The largest absolute Gasteiger partial charge is 0.382 e. The molecule has 104 valence electrons. The van der Waals surface area contributed by atoms with Crippen LogP contribution in [0.3, 0.4) is 0 Å². The number of rotatable bonds is 1. The Kier molecular flexibility index (Phi) is 2.71. The number of anilines is 1. The van der Waals surface area contributed by atoms with Gasteiger partial charge in [-0.25, -0.2) is 9.97 Å². The summed E-state index contributed by atoms with van der Waals surface area (Å²) in [5.41, 5.74) is 8.99. The van der Waals surface area contributed by atoms with Crippen LogP contribution in [-0.2, 0) is 0 Å². The molecule has 0 spiro atoms. The van der Waals surface area contributed by atoms with Crippen LogP contribution in [0.25, 0.3) is 21.9 Å². The molecule has 3 aromatic rings. The van der Waals surface area contributed by atoms with E-state index in [1.165, 1.54) is 0 Å². The Hall–Kier alpha value is -2.10.